The van der Waals surface area contributed by atoms with Gasteiger partial charge < -0.3 is 10.2 Å². The number of thiophene rings is 1. The smallest absolute Gasteiger partial charge is 0.223 e. The highest BCUT2D eigenvalue weighted by atomic mass is 32.1. The molecule has 1 saturated heterocycles. The summed E-state index contributed by atoms with van der Waals surface area (Å²) in [6.45, 7) is 5.03. The van der Waals surface area contributed by atoms with Gasteiger partial charge in [-0.25, -0.2) is 0 Å². The minimum Gasteiger partial charge on any atom is -0.331 e. The van der Waals surface area contributed by atoms with Gasteiger partial charge in [0, 0.05) is 17.8 Å². The molecule has 0 spiro atoms. The molecule has 1 aromatic carbocycles. The standard InChI is InChI=1S/C21H28N2OS/c1-17(20-8-5-15-25-20)23(16-19-6-3-2-4-7-19)21(24)10-9-18-11-13-22-14-12-18/h2-8,15,17-18,22H,9-14,16H2,1H3. The average molecular weight is 357 g/mol. The Hall–Kier alpha value is -1.65. The van der Waals surface area contributed by atoms with Crippen molar-refractivity contribution in [2.24, 2.45) is 5.92 Å². The number of nitrogens with zero attached hydrogens (tertiary/aromatic N) is 1. The van der Waals surface area contributed by atoms with Gasteiger partial charge in [0.2, 0.25) is 5.91 Å². The van der Waals surface area contributed by atoms with E-state index in [2.05, 4.69) is 46.8 Å². The molecule has 1 atom stereocenters. The summed E-state index contributed by atoms with van der Waals surface area (Å²) in [5, 5.41) is 5.49. The second kappa shape index (κ2) is 9.16. The van der Waals surface area contributed by atoms with Crippen LogP contribution in [-0.2, 0) is 11.3 Å². The molecule has 3 nitrogen and oxygen atoms in total. The van der Waals surface area contributed by atoms with Crippen LogP contribution in [0.5, 0.6) is 0 Å². The average Bonchev–Trinajstić information content (AvgIpc) is 3.20. The minimum absolute atomic E-state index is 0.126. The molecule has 1 aliphatic rings. The molecule has 0 saturated carbocycles. The molecule has 0 bridgehead atoms. The molecule has 1 fully saturated rings. The van der Waals surface area contributed by atoms with Crippen molar-refractivity contribution in [2.45, 2.75) is 45.2 Å². The Morgan fingerprint density at radius 2 is 1.96 bits per heavy atom. The quantitative estimate of drug-likeness (QED) is 0.785. The molecule has 2 heterocycles. The van der Waals surface area contributed by atoms with Gasteiger partial charge in [0.25, 0.3) is 0 Å². The molecule has 1 unspecified atom stereocenters. The van der Waals surface area contributed by atoms with E-state index in [1.165, 1.54) is 23.3 Å². The van der Waals surface area contributed by atoms with Gasteiger partial charge in [0.1, 0.15) is 0 Å². The number of carbonyl (C=O) groups excluding carboxylic acids is 1. The van der Waals surface area contributed by atoms with Crippen molar-refractivity contribution in [1.82, 2.24) is 10.2 Å². The van der Waals surface area contributed by atoms with Crippen LogP contribution in [0.25, 0.3) is 0 Å². The Labute approximate surface area is 155 Å². The molecule has 0 radical (unpaired) electrons. The van der Waals surface area contributed by atoms with E-state index in [0.29, 0.717) is 18.9 Å². The zero-order chi connectivity index (χ0) is 17.5. The number of nitrogens with one attached hydrogen (secondary N) is 1. The lowest BCUT2D eigenvalue weighted by molar-refractivity contribution is -0.134. The van der Waals surface area contributed by atoms with Crippen LogP contribution in [0.3, 0.4) is 0 Å². The van der Waals surface area contributed by atoms with Crippen LogP contribution >= 0.6 is 11.3 Å². The number of benzene rings is 1. The van der Waals surface area contributed by atoms with Crippen molar-refractivity contribution < 1.29 is 4.79 Å². The van der Waals surface area contributed by atoms with E-state index in [-0.39, 0.29) is 11.9 Å². The second-order valence-corrected chi connectivity index (χ2v) is 7.91. The first-order valence-corrected chi connectivity index (χ1v) is 10.2. The summed E-state index contributed by atoms with van der Waals surface area (Å²) in [6, 6.07) is 14.6. The van der Waals surface area contributed by atoms with Crippen LogP contribution < -0.4 is 5.32 Å². The van der Waals surface area contributed by atoms with Gasteiger partial charge in [-0.05, 0) is 62.2 Å². The Balaban J connectivity index is 1.67. The van der Waals surface area contributed by atoms with Crippen molar-refractivity contribution in [3.8, 4) is 0 Å². The van der Waals surface area contributed by atoms with Crippen LogP contribution in [0.1, 0.15) is 49.1 Å². The van der Waals surface area contributed by atoms with Crippen LogP contribution in [0.4, 0.5) is 0 Å². The predicted molar refractivity (Wildman–Crippen MR) is 105 cm³/mol. The van der Waals surface area contributed by atoms with Gasteiger partial charge >= 0.3 is 0 Å². The molecule has 2 aromatic rings. The normalized spacial score (nSPS) is 16.5. The number of carbonyl (C=O) groups is 1. The van der Waals surface area contributed by atoms with E-state index in [4.69, 9.17) is 0 Å². The van der Waals surface area contributed by atoms with E-state index < -0.39 is 0 Å². The lowest BCUT2D eigenvalue weighted by Gasteiger charge is -2.30. The molecule has 1 amide bonds. The van der Waals surface area contributed by atoms with Gasteiger partial charge in [-0.2, -0.15) is 0 Å². The van der Waals surface area contributed by atoms with Gasteiger partial charge in [-0.1, -0.05) is 36.4 Å². The zero-order valence-electron chi connectivity index (χ0n) is 15.0. The first kappa shape index (κ1) is 18.2. The zero-order valence-corrected chi connectivity index (χ0v) is 15.8. The maximum absolute atomic E-state index is 13.0. The molecule has 134 valence electrons. The van der Waals surface area contributed by atoms with Crippen LogP contribution in [0, 0.1) is 5.92 Å². The topological polar surface area (TPSA) is 32.3 Å². The monoisotopic (exact) mass is 356 g/mol. The van der Waals surface area contributed by atoms with Crippen molar-refractivity contribution in [3.05, 3.63) is 58.3 Å². The summed E-state index contributed by atoms with van der Waals surface area (Å²) >= 11 is 1.73. The van der Waals surface area contributed by atoms with Crippen molar-refractivity contribution in [2.75, 3.05) is 13.1 Å². The van der Waals surface area contributed by atoms with E-state index in [1.54, 1.807) is 11.3 Å². The van der Waals surface area contributed by atoms with Gasteiger partial charge in [-0.15, -0.1) is 11.3 Å². The molecule has 25 heavy (non-hydrogen) atoms. The molecule has 4 heteroatoms. The Bertz CT molecular complexity index is 635. The van der Waals surface area contributed by atoms with Gasteiger partial charge in [0.15, 0.2) is 0 Å². The molecular weight excluding hydrogens is 328 g/mol. The number of hydrogen-bond acceptors (Lipinski definition) is 3. The number of rotatable bonds is 7. The first-order chi connectivity index (χ1) is 12.2. The molecule has 0 aliphatic carbocycles. The molecule has 3 rings (SSSR count). The fourth-order valence-electron chi connectivity index (χ4n) is 3.55. The number of amides is 1. The summed E-state index contributed by atoms with van der Waals surface area (Å²) in [4.78, 5) is 16.4. The first-order valence-electron chi connectivity index (χ1n) is 9.31. The van der Waals surface area contributed by atoms with Crippen molar-refractivity contribution in [3.63, 3.8) is 0 Å². The number of hydrogen-bond donors (Lipinski definition) is 1. The SMILES string of the molecule is CC(c1cccs1)N(Cc1ccccc1)C(=O)CCC1CCNCC1. The van der Waals surface area contributed by atoms with Gasteiger partial charge in [-0.3, -0.25) is 4.79 Å². The highest BCUT2D eigenvalue weighted by molar-refractivity contribution is 7.10. The molecule has 1 aromatic heterocycles. The van der Waals surface area contributed by atoms with Crippen LogP contribution in [0.15, 0.2) is 47.8 Å². The van der Waals surface area contributed by atoms with E-state index in [1.807, 2.05) is 18.2 Å². The minimum atomic E-state index is 0.126. The highest BCUT2D eigenvalue weighted by Gasteiger charge is 2.23. The van der Waals surface area contributed by atoms with E-state index in [0.717, 1.165) is 19.5 Å². The Kier molecular flexibility index (Phi) is 6.65. The van der Waals surface area contributed by atoms with Crippen LogP contribution in [0.2, 0.25) is 0 Å². The third kappa shape index (κ3) is 5.16. The molecule has 1 aliphatic heterocycles. The van der Waals surface area contributed by atoms with E-state index in [9.17, 15) is 4.79 Å². The summed E-state index contributed by atoms with van der Waals surface area (Å²) in [5.74, 6) is 0.976. The van der Waals surface area contributed by atoms with Crippen molar-refractivity contribution in [1.29, 1.82) is 0 Å². The fraction of sp³-hybridized carbons (Fsp3) is 0.476. The second-order valence-electron chi connectivity index (χ2n) is 6.93. The molecular formula is C21H28N2OS. The maximum atomic E-state index is 13.0. The van der Waals surface area contributed by atoms with Crippen LogP contribution in [-0.4, -0.2) is 23.9 Å². The number of piperidine rings is 1. The van der Waals surface area contributed by atoms with E-state index >= 15 is 0 Å². The summed E-state index contributed by atoms with van der Waals surface area (Å²) < 4.78 is 0. The predicted octanol–water partition coefficient (Wildman–Crippen LogP) is 4.62. The Morgan fingerprint density at radius 3 is 2.64 bits per heavy atom. The highest BCUT2D eigenvalue weighted by Crippen LogP contribution is 2.28. The van der Waals surface area contributed by atoms with Gasteiger partial charge in [0.05, 0.1) is 6.04 Å². The maximum Gasteiger partial charge on any atom is 0.223 e. The lowest BCUT2D eigenvalue weighted by atomic mass is 9.93. The summed E-state index contributed by atoms with van der Waals surface area (Å²) in [7, 11) is 0. The molecule has 1 N–H and O–H groups in total. The summed E-state index contributed by atoms with van der Waals surface area (Å²) in [5.41, 5.74) is 1.20. The fourth-order valence-corrected chi connectivity index (χ4v) is 4.34. The third-order valence-electron chi connectivity index (χ3n) is 5.16. The Morgan fingerprint density at radius 1 is 1.20 bits per heavy atom. The summed E-state index contributed by atoms with van der Waals surface area (Å²) in [6.07, 6.45) is 4.08. The largest absolute Gasteiger partial charge is 0.331 e. The third-order valence-corrected chi connectivity index (χ3v) is 6.21. The lowest BCUT2D eigenvalue weighted by Crippen LogP contribution is -2.34. The van der Waals surface area contributed by atoms with Crippen molar-refractivity contribution >= 4 is 17.2 Å².